The number of carboxylic acids is 1. The number of likely N-dealkylation sites (tertiary alicyclic amines) is 2. The van der Waals surface area contributed by atoms with Crippen LogP contribution >= 0.6 is 0 Å². The van der Waals surface area contributed by atoms with Gasteiger partial charge in [0, 0.05) is 56.5 Å². The first-order valence-corrected chi connectivity index (χ1v) is 10.1. The van der Waals surface area contributed by atoms with Crippen LogP contribution in [0.2, 0.25) is 0 Å². The van der Waals surface area contributed by atoms with Crippen molar-refractivity contribution in [3.8, 4) is 0 Å². The second-order valence-electron chi connectivity index (χ2n) is 8.15. The topological polar surface area (TPSA) is 103 Å². The molecule has 8 nitrogen and oxygen atoms in total. The van der Waals surface area contributed by atoms with Crippen LogP contribution in [0.4, 0.5) is 18.0 Å². The highest BCUT2D eigenvalue weighted by atomic mass is 19.4. The zero-order valence-electron chi connectivity index (χ0n) is 16.9. The summed E-state index contributed by atoms with van der Waals surface area (Å²) in [5, 5.41) is 10.1. The average Bonchev–Trinajstić information content (AvgIpc) is 3.08. The Labute approximate surface area is 177 Å². The summed E-state index contributed by atoms with van der Waals surface area (Å²) < 4.78 is 31.7. The zero-order valence-corrected chi connectivity index (χ0v) is 16.9. The fourth-order valence-corrected chi connectivity index (χ4v) is 4.17. The molecule has 3 amide bonds. The smallest absolute Gasteiger partial charge is 0.475 e. The van der Waals surface area contributed by atoms with E-state index in [0.717, 1.165) is 57.4 Å². The largest absolute Gasteiger partial charge is 0.490 e. The van der Waals surface area contributed by atoms with E-state index < -0.39 is 12.1 Å². The molecule has 4 rings (SSSR count). The van der Waals surface area contributed by atoms with Crippen LogP contribution in [-0.2, 0) is 16.1 Å². The monoisotopic (exact) mass is 442 g/mol. The predicted octanol–water partition coefficient (Wildman–Crippen LogP) is 2.26. The first-order chi connectivity index (χ1) is 14.6. The number of rotatable bonds is 3. The molecule has 3 aliphatic rings. The van der Waals surface area contributed by atoms with Gasteiger partial charge in [0.05, 0.1) is 0 Å². The molecule has 3 heterocycles. The number of aliphatic carboxylic acids is 1. The van der Waals surface area contributed by atoms with Crippen molar-refractivity contribution in [1.82, 2.24) is 20.1 Å². The van der Waals surface area contributed by atoms with E-state index in [0.29, 0.717) is 12.5 Å². The number of alkyl halides is 3. The summed E-state index contributed by atoms with van der Waals surface area (Å²) in [5.41, 5.74) is 1.05. The lowest BCUT2D eigenvalue weighted by Crippen LogP contribution is -2.38. The van der Waals surface area contributed by atoms with Gasteiger partial charge in [0.25, 0.3) is 0 Å². The van der Waals surface area contributed by atoms with E-state index in [2.05, 4.69) is 10.3 Å². The molecule has 1 aliphatic carbocycles. The summed E-state index contributed by atoms with van der Waals surface area (Å²) in [6, 6.07) is 3.78. The van der Waals surface area contributed by atoms with E-state index in [9.17, 15) is 22.8 Å². The molecule has 2 N–H and O–H groups in total. The predicted molar refractivity (Wildman–Crippen MR) is 103 cm³/mol. The van der Waals surface area contributed by atoms with Gasteiger partial charge >= 0.3 is 18.2 Å². The molecule has 3 fully saturated rings. The lowest BCUT2D eigenvalue weighted by atomic mass is 10.0. The van der Waals surface area contributed by atoms with Crippen LogP contribution in [0.25, 0.3) is 0 Å². The number of hydrogen-bond donors (Lipinski definition) is 2. The number of carbonyl (C=O) groups is 3. The highest BCUT2D eigenvalue weighted by molar-refractivity contribution is 5.83. The van der Waals surface area contributed by atoms with Crippen molar-refractivity contribution < 1.29 is 32.7 Å². The molecule has 0 aromatic carbocycles. The highest BCUT2D eigenvalue weighted by Crippen LogP contribution is 2.59. The maximum Gasteiger partial charge on any atom is 0.490 e. The van der Waals surface area contributed by atoms with E-state index in [1.165, 1.54) is 0 Å². The van der Waals surface area contributed by atoms with Gasteiger partial charge in [0.15, 0.2) is 0 Å². The number of urea groups is 1. The molecule has 1 aromatic heterocycles. The summed E-state index contributed by atoms with van der Waals surface area (Å²) >= 11 is 0. The summed E-state index contributed by atoms with van der Waals surface area (Å²) in [6.07, 6.45) is 2.58. The van der Waals surface area contributed by atoms with Gasteiger partial charge in [-0.3, -0.25) is 9.78 Å². The van der Waals surface area contributed by atoms with Crippen molar-refractivity contribution in [2.75, 3.05) is 26.2 Å². The Hall–Kier alpha value is -2.85. The van der Waals surface area contributed by atoms with Crippen molar-refractivity contribution in [2.45, 2.75) is 38.4 Å². The molecular weight excluding hydrogens is 417 g/mol. The van der Waals surface area contributed by atoms with Crippen molar-refractivity contribution >= 4 is 17.9 Å². The number of pyridine rings is 1. The van der Waals surface area contributed by atoms with Gasteiger partial charge < -0.3 is 20.2 Å². The minimum atomic E-state index is -5.08. The van der Waals surface area contributed by atoms with Crippen LogP contribution in [0.5, 0.6) is 0 Å². The van der Waals surface area contributed by atoms with Crippen LogP contribution < -0.4 is 5.32 Å². The minimum absolute atomic E-state index is 0.0324. The van der Waals surface area contributed by atoms with Crippen molar-refractivity contribution in [3.05, 3.63) is 30.1 Å². The van der Waals surface area contributed by atoms with Crippen molar-refractivity contribution in [3.63, 3.8) is 0 Å². The summed E-state index contributed by atoms with van der Waals surface area (Å²) in [6.45, 7) is 3.80. The SMILES string of the molecule is O=C(NCc1cccnc1)N1CCC2(CC2C(=O)N2CCCC2)C1.O=C(O)C(F)(F)F. The first-order valence-electron chi connectivity index (χ1n) is 10.1. The molecule has 2 aliphatic heterocycles. The molecule has 1 aromatic rings. The second kappa shape index (κ2) is 9.11. The van der Waals surface area contributed by atoms with Crippen molar-refractivity contribution in [1.29, 1.82) is 0 Å². The fourth-order valence-electron chi connectivity index (χ4n) is 4.17. The molecule has 31 heavy (non-hydrogen) atoms. The number of aromatic nitrogens is 1. The number of amides is 3. The number of carboxylic acid groups (broad SMARTS) is 1. The Morgan fingerprint density at radius 3 is 2.45 bits per heavy atom. The maximum atomic E-state index is 12.6. The van der Waals surface area contributed by atoms with Crippen LogP contribution in [0, 0.1) is 11.3 Å². The molecule has 1 saturated carbocycles. The quantitative estimate of drug-likeness (QED) is 0.748. The molecule has 0 bridgehead atoms. The minimum Gasteiger partial charge on any atom is -0.475 e. The molecular formula is C20H25F3N4O4. The number of hydrogen-bond acceptors (Lipinski definition) is 4. The molecule has 0 radical (unpaired) electrons. The van der Waals surface area contributed by atoms with Gasteiger partial charge in [-0.2, -0.15) is 13.2 Å². The van der Waals surface area contributed by atoms with E-state index in [4.69, 9.17) is 9.90 Å². The third kappa shape index (κ3) is 5.65. The maximum absolute atomic E-state index is 12.6. The highest BCUT2D eigenvalue weighted by Gasteiger charge is 2.62. The molecule has 1 spiro atoms. The third-order valence-electron chi connectivity index (χ3n) is 5.99. The van der Waals surface area contributed by atoms with E-state index in [1.807, 2.05) is 21.9 Å². The fraction of sp³-hybridized carbons (Fsp3) is 0.600. The Morgan fingerprint density at radius 2 is 1.87 bits per heavy atom. The Morgan fingerprint density at radius 1 is 1.19 bits per heavy atom. The Balaban J connectivity index is 0.000000339. The summed E-state index contributed by atoms with van der Waals surface area (Å²) in [5.74, 6) is -2.29. The average molecular weight is 442 g/mol. The lowest BCUT2D eigenvalue weighted by Gasteiger charge is -2.19. The number of carbonyl (C=O) groups excluding carboxylic acids is 2. The standard InChI is InChI=1S/C18H24N4O2.C2HF3O2/c23-16(21-7-1-2-8-21)15-10-18(15)5-9-22(13-18)17(24)20-12-14-4-3-6-19-11-14;3-2(4,5)1(6)7/h3-4,6,11,15H,1-2,5,7-10,12-13H2,(H,20,24);(H,6,7). The number of nitrogens with one attached hydrogen (secondary N) is 1. The second-order valence-corrected chi connectivity index (χ2v) is 8.15. The van der Waals surface area contributed by atoms with Gasteiger partial charge in [-0.1, -0.05) is 6.07 Å². The summed E-state index contributed by atoms with van der Waals surface area (Å²) in [7, 11) is 0. The number of halogens is 3. The van der Waals surface area contributed by atoms with Crippen LogP contribution in [0.15, 0.2) is 24.5 Å². The lowest BCUT2D eigenvalue weighted by molar-refractivity contribution is -0.192. The molecule has 2 atom stereocenters. The Kier molecular flexibility index (Phi) is 6.71. The van der Waals surface area contributed by atoms with Gasteiger partial charge in [-0.25, -0.2) is 9.59 Å². The van der Waals surface area contributed by atoms with Gasteiger partial charge in [0.1, 0.15) is 0 Å². The van der Waals surface area contributed by atoms with E-state index in [-0.39, 0.29) is 17.4 Å². The zero-order chi connectivity index (χ0) is 22.6. The van der Waals surface area contributed by atoms with Crippen LogP contribution in [0.3, 0.4) is 0 Å². The normalized spacial score (nSPS) is 24.5. The third-order valence-corrected chi connectivity index (χ3v) is 5.99. The van der Waals surface area contributed by atoms with Crippen LogP contribution in [0.1, 0.15) is 31.2 Å². The Bertz CT molecular complexity index is 814. The molecule has 11 heteroatoms. The first kappa shape index (κ1) is 22.8. The van der Waals surface area contributed by atoms with Gasteiger partial charge in [-0.05, 0) is 37.3 Å². The van der Waals surface area contributed by atoms with Crippen LogP contribution in [-0.4, -0.2) is 70.2 Å². The number of nitrogens with zero attached hydrogens (tertiary/aromatic N) is 3. The van der Waals surface area contributed by atoms with Gasteiger partial charge in [0.2, 0.25) is 5.91 Å². The van der Waals surface area contributed by atoms with E-state index >= 15 is 0 Å². The molecule has 2 saturated heterocycles. The van der Waals surface area contributed by atoms with E-state index in [1.54, 1.807) is 12.4 Å². The summed E-state index contributed by atoms with van der Waals surface area (Å²) in [4.78, 5) is 41.8. The van der Waals surface area contributed by atoms with Gasteiger partial charge in [-0.15, -0.1) is 0 Å². The molecule has 2 unspecified atom stereocenters. The molecule has 170 valence electrons. The van der Waals surface area contributed by atoms with Crippen molar-refractivity contribution in [2.24, 2.45) is 11.3 Å².